The molecular weight excluding hydrogens is 351 g/mol. The van der Waals surface area contributed by atoms with E-state index in [2.05, 4.69) is 4.98 Å². The molecule has 7 heteroatoms. The van der Waals surface area contributed by atoms with Crippen LogP contribution in [0.15, 0.2) is 41.9 Å². The van der Waals surface area contributed by atoms with E-state index in [1.54, 1.807) is 6.33 Å². The minimum Gasteiger partial charge on any atom is -0.379 e. The van der Waals surface area contributed by atoms with Crippen LogP contribution in [0.2, 0.25) is 0 Å². The van der Waals surface area contributed by atoms with Crippen molar-refractivity contribution in [2.24, 2.45) is 23.7 Å². The maximum atomic E-state index is 14.9. The van der Waals surface area contributed by atoms with Crippen molar-refractivity contribution in [2.45, 2.75) is 25.0 Å². The first kappa shape index (κ1) is 17.4. The van der Waals surface area contributed by atoms with Gasteiger partial charge in [-0.1, -0.05) is 22.8 Å². The van der Waals surface area contributed by atoms with Gasteiger partial charge in [-0.25, -0.2) is 13.9 Å². The van der Waals surface area contributed by atoms with Crippen molar-refractivity contribution in [2.75, 3.05) is 12.4 Å². The van der Waals surface area contributed by atoms with E-state index in [-0.39, 0.29) is 17.8 Å². The van der Waals surface area contributed by atoms with Gasteiger partial charge in [0.1, 0.15) is 17.6 Å². The Labute approximate surface area is 156 Å². The van der Waals surface area contributed by atoms with Gasteiger partial charge >= 0.3 is 0 Å². The highest BCUT2D eigenvalue weighted by Crippen LogP contribution is 2.48. The number of thioether (sulfide) groups is 1. The van der Waals surface area contributed by atoms with Crippen molar-refractivity contribution in [3.05, 3.63) is 59.4 Å². The van der Waals surface area contributed by atoms with E-state index in [1.807, 2.05) is 43.1 Å². The molecule has 2 N–H and O–H groups in total. The molecule has 1 aromatic carbocycles. The van der Waals surface area contributed by atoms with E-state index in [0.29, 0.717) is 23.8 Å². The second kappa shape index (κ2) is 6.63. The molecule has 3 heterocycles. The van der Waals surface area contributed by atoms with Crippen LogP contribution in [0.4, 0.5) is 4.39 Å². The summed E-state index contributed by atoms with van der Waals surface area (Å²) in [5, 5.41) is 0.503. The number of nitrogens with two attached hydrogens (primary N) is 1. The standard InChI is InChI=1S/C19H22FN4OS/c1-12-16-9-26-18(21)23-19(16,10-25-12)15-6-13(3-4-17(15)20)5-14-7-22-11-24(2)8-14/h3-4,6-8,11-12,16H,5,9-10H2,1-2H3,(H2,21,23)/q+1. The third kappa shape index (κ3) is 2.99. The van der Waals surface area contributed by atoms with Crippen LogP contribution in [0.25, 0.3) is 0 Å². The molecule has 0 spiro atoms. The minimum atomic E-state index is -0.728. The van der Waals surface area contributed by atoms with Gasteiger partial charge in [-0.05, 0) is 24.6 Å². The Morgan fingerprint density at radius 1 is 1.42 bits per heavy atom. The molecule has 1 saturated heterocycles. The number of fused-ring (bicyclic) bond motifs is 1. The van der Waals surface area contributed by atoms with Gasteiger partial charge in [-0.15, -0.1) is 0 Å². The summed E-state index contributed by atoms with van der Waals surface area (Å²) in [4.78, 5) is 8.91. The van der Waals surface area contributed by atoms with Crippen molar-refractivity contribution in [3.8, 4) is 0 Å². The van der Waals surface area contributed by atoms with E-state index < -0.39 is 5.54 Å². The second-order valence-corrected chi connectivity index (χ2v) is 8.10. The van der Waals surface area contributed by atoms with Crippen molar-refractivity contribution >= 4 is 16.9 Å². The molecule has 26 heavy (non-hydrogen) atoms. The Kier molecular flexibility index (Phi) is 4.44. The third-order valence-electron chi connectivity index (χ3n) is 5.23. The lowest BCUT2D eigenvalue weighted by Crippen LogP contribution is -2.41. The molecule has 1 fully saturated rings. The predicted molar refractivity (Wildman–Crippen MR) is 99.3 cm³/mol. The number of nitrogens with zero attached hydrogens (tertiary/aromatic N) is 3. The number of aliphatic imine (C=N–C) groups is 1. The molecule has 2 aliphatic heterocycles. The average Bonchev–Trinajstić information content (AvgIpc) is 2.94. The molecule has 0 amide bonds. The Morgan fingerprint density at radius 3 is 3.08 bits per heavy atom. The SMILES string of the molecule is CC1OCC2(c3cc(Cc4cnc[n+](C)c4)ccc3F)N=C(N)SCC12. The smallest absolute Gasteiger partial charge is 0.285 e. The van der Waals surface area contributed by atoms with E-state index in [4.69, 9.17) is 15.5 Å². The number of ether oxygens (including phenoxy) is 1. The van der Waals surface area contributed by atoms with Gasteiger partial charge in [-0.2, -0.15) is 0 Å². The van der Waals surface area contributed by atoms with E-state index in [9.17, 15) is 4.39 Å². The normalized spacial score (nSPS) is 27.9. The van der Waals surface area contributed by atoms with E-state index >= 15 is 0 Å². The van der Waals surface area contributed by atoms with Crippen LogP contribution in [-0.4, -0.2) is 28.6 Å². The molecule has 4 rings (SSSR count). The highest BCUT2D eigenvalue weighted by molar-refractivity contribution is 8.13. The first-order chi connectivity index (χ1) is 12.5. The average molecular weight is 373 g/mol. The number of halogens is 1. The first-order valence-electron chi connectivity index (χ1n) is 8.66. The minimum absolute atomic E-state index is 0.0276. The van der Waals surface area contributed by atoms with Gasteiger partial charge in [0, 0.05) is 29.2 Å². The third-order valence-corrected chi connectivity index (χ3v) is 6.14. The zero-order valence-electron chi connectivity index (χ0n) is 14.9. The molecule has 2 aromatic rings. The zero-order chi connectivity index (χ0) is 18.3. The number of hydrogen-bond donors (Lipinski definition) is 1. The summed E-state index contributed by atoms with van der Waals surface area (Å²) < 4.78 is 22.6. The van der Waals surface area contributed by atoms with E-state index in [1.165, 1.54) is 17.8 Å². The second-order valence-electron chi connectivity index (χ2n) is 7.06. The number of aryl methyl sites for hydroxylation is 1. The lowest BCUT2D eigenvalue weighted by Gasteiger charge is -2.35. The van der Waals surface area contributed by atoms with Gasteiger partial charge in [0.25, 0.3) is 6.33 Å². The first-order valence-corrected chi connectivity index (χ1v) is 9.64. The highest BCUT2D eigenvalue weighted by Gasteiger charge is 2.52. The molecule has 136 valence electrons. The Balaban J connectivity index is 1.75. The lowest BCUT2D eigenvalue weighted by molar-refractivity contribution is -0.675. The summed E-state index contributed by atoms with van der Waals surface area (Å²) in [6.07, 6.45) is 6.31. The Bertz CT molecular complexity index is 874. The topological polar surface area (TPSA) is 64.4 Å². The van der Waals surface area contributed by atoms with Crippen molar-refractivity contribution in [3.63, 3.8) is 0 Å². The summed E-state index contributed by atoms with van der Waals surface area (Å²) in [6.45, 7) is 2.39. The number of aromatic nitrogens is 2. The maximum absolute atomic E-state index is 14.9. The van der Waals surface area contributed by atoms with E-state index in [0.717, 1.165) is 16.9 Å². The molecule has 2 aliphatic rings. The fourth-order valence-electron chi connectivity index (χ4n) is 3.90. The number of benzene rings is 1. The summed E-state index contributed by atoms with van der Waals surface area (Å²) in [7, 11) is 1.94. The van der Waals surface area contributed by atoms with Crippen LogP contribution in [0.1, 0.15) is 23.6 Å². The summed E-state index contributed by atoms with van der Waals surface area (Å²) >= 11 is 1.52. The molecule has 0 saturated carbocycles. The number of rotatable bonds is 3. The monoisotopic (exact) mass is 373 g/mol. The van der Waals surface area contributed by atoms with Crippen LogP contribution in [0.5, 0.6) is 0 Å². The quantitative estimate of drug-likeness (QED) is 0.835. The summed E-state index contributed by atoms with van der Waals surface area (Å²) in [6, 6.07) is 5.27. The van der Waals surface area contributed by atoms with Crippen molar-refractivity contribution < 1.29 is 13.7 Å². The molecule has 0 aliphatic carbocycles. The fourth-order valence-corrected chi connectivity index (χ4v) is 5.03. The largest absolute Gasteiger partial charge is 0.379 e. The van der Waals surface area contributed by atoms with Crippen LogP contribution in [-0.2, 0) is 23.7 Å². The van der Waals surface area contributed by atoms with Gasteiger partial charge in [-0.3, -0.25) is 0 Å². The zero-order valence-corrected chi connectivity index (χ0v) is 15.7. The Hall–Kier alpha value is -1.99. The van der Waals surface area contributed by atoms with Gasteiger partial charge in [0.05, 0.1) is 26.0 Å². The summed E-state index contributed by atoms with van der Waals surface area (Å²) in [5.74, 6) is 0.649. The van der Waals surface area contributed by atoms with Gasteiger partial charge < -0.3 is 10.5 Å². The maximum Gasteiger partial charge on any atom is 0.285 e. The molecule has 1 aromatic heterocycles. The molecule has 3 atom stereocenters. The fraction of sp³-hybridized carbons (Fsp3) is 0.421. The predicted octanol–water partition coefficient (Wildman–Crippen LogP) is 1.93. The molecule has 0 radical (unpaired) electrons. The Morgan fingerprint density at radius 2 is 2.27 bits per heavy atom. The van der Waals surface area contributed by atoms with Crippen LogP contribution >= 0.6 is 11.8 Å². The van der Waals surface area contributed by atoms with Gasteiger partial charge in [0.15, 0.2) is 5.17 Å². The molecular formula is C19H22FN4OS+. The van der Waals surface area contributed by atoms with Crippen molar-refractivity contribution in [1.29, 1.82) is 0 Å². The van der Waals surface area contributed by atoms with Crippen LogP contribution < -0.4 is 10.3 Å². The van der Waals surface area contributed by atoms with Crippen LogP contribution in [0.3, 0.4) is 0 Å². The number of hydrogen-bond acceptors (Lipinski definition) is 5. The van der Waals surface area contributed by atoms with Gasteiger partial charge in [0.2, 0.25) is 0 Å². The molecule has 3 unspecified atom stereocenters. The summed E-state index contributed by atoms with van der Waals surface area (Å²) in [5.41, 5.74) is 7.96. The van der Waals surface area contributed by atoms with Crippen molar-refractivity contribution in [1.82, 2.24) is 4.98 Å². The lowest BCUT2D eigenvalue weighted by atomic mass is 9.78. The van der Waals surface area contributed by atoms with Crippen LogP contribution in [0, 0.1) is 11.7 Å². The highest BCUT2D eigenvalue weighted by atomic mass is 32.2. The molecule has 5 nitrogen and oxygen atoms in total. The molecule has 0 bridgehead atoms. The number of amidine groups is 1.